The highest BCUT2D eigenvalue weighted by Gasteiger charge is 2.26. The molecule has 0 saturated carbocycles. The second kappa shape index (κ2) is 12.9. The van der Waals surface area contributed by atoms with Crippen LogP contribution in [-0.4, -0.2) is 13.2 Å². The second-order valence-corrected chi connectivity index (χ2v) is 8.62. The maximum Gasteiger partial charge on any atom is 0.0653 e. The molecule has 0 atom stereocenters. The van der Waals surface area contributed by atoms with Crippen LogP contribution in [0.2, 0.25) is 0 Å². The predicted octanol–water partition coefficient (Wildman–Crippen LogP) is 8.11. The molecule has 0 spiro atoms. The molecule has 0 saturated heterocycles. The number of allylic oxidation sites excluding steroid dienone is 9. The monoisotopic (exact) mass is 370 g/mol. The summed E-state index contributed by atoms with van der Waals surface area (Å²) in [6.45, 7) is 15.2. The topological polar surface area (TPSA) is 9.23 Å². The van der Waals surface area contributed by atoms with E-state index in [0.717, 1.165) is 6.61 Å². The first-order valence-electron chi connectivity index (χ1n) is 10.8. The van der Waals surface area contributed by atoms with Crippen molar-refractivity contribution in [1.82, 2.24) is 0 Å². The zero-order chi connectivity index (χ0) is 20.1. The summed E-state index contributed by atoms with van der Waals surface area (Å²) < 4.78 is 5.67. The lowest BCUT2D eigenvalue weighted by Crippen LogP contribution is -2.19. The van der Waals surface area contributed by atoms with Crippen molar-refractivity contribution in [2.24, 2.45) is 5.41 Å². The smallest absolute Gasteiger partial charge is 0.0653 e. The van der Waals surface area contributed by atoms with E-state index < -0.39 is 0 Å². The zero-order valence-electron chi connectivity index (χ0n) is 18.7. The van der Waals surface area contributed by atoms with Crippen LogP contribution in [0, 0.1) is 5.41 Å². The van der Waals surface area contributed by atoms with Gasteiger partial charge in [0.2, 0.25) is 0 Å². The molecule has 1 aliphatic rings. The molecule has 0 radical (unpaired) electrons. The number of ether oxygens (including phenoxy) is 1. The van der Waals surface area contributed by atoms with E-state index in [2.05, 4.69) is 78.0 Å². The first kappa shape index (κ1) is 23.7. The van der Waals surface area contributed by atoms with E-state index in [1.807, 2.05) is 0 Å². The molecule has 1 aliphatic carbocycles. The van der Waals surface area contributed by atoms with Crippen LogP contribution in [0.1, 0.15) is 86.5 Å². The normalized spacial score (nSPS) is 18.9. The Hall–Kier alpha value is -1.34. The largest absolute Gasteiger partial charge is 0.377 e. The lowest BCUT2D eigenvalue weighted by molar-refractivity contribution is 0.157. The molecular weight excluding hydrogens is 328 g/mol. The first-order valence-corrected chi connectivity index (χ1v) is 10.8. The molecule has 0 heterocycles. The van der Waals surface area contributed by atoms with Gasteiger partial charge in [0, 0.05) is 6.61 Å². The zero-order valence-corrected chi connectivity index (χ0v) is 18.7. The number of rotatable bonds is 11. The van der Waals surface area contributed by atoms with Gasteiger partial charge in [0.05, 0.1) is 6.61 Å². The van der Waals surface area contributed by atoms with Crippen LogP contribution in [0.25, 0.3) is 0 Å². The van der Waals surface area contributed by atoms with Crippen LogP contribution < -0.4 is 0 Å². The van der Waals surface area contributed by atoms with Crippen LogP contribution in [0.15, 0.2) is 58.7 Å². The van der Waals surface area contributed by atoms with Crippen molar-refractivity contribution >= 4 is 0 Å². The summed E-state index contributed by atoms with van der Waals surface area (Å²) >= 11 is 0. The van der Waals surface area contributed by atoms with E-state index >= 15 is 0 Å². The van der Waals surface area contributed by atoms with E-state index in [-0.39, 0.29) is 0 Å². The molecule has 1 rings (SSSR count). The molecular formula is C26H42O. The Morgan fingerprint density at radius 2 is 1.85 bits per heavy atom. The lowest BCUT2D eigenvalue weighted by Gasteiger charge is -2.32. The van der Waals surface area contributed by atoms with Crippen LogP contribution >= 0.6 is 0 Å². The summed E-state index contributed by atoms with van der Waals surface area (Å²) in [5.74, 6) is 0. The van der Waals surface area contributed by atoms with Gasteiger partial charge in [-0.05, 0) is 57.4 Å². The second-order valence-electron chi connectivity index (χ2n) is 8.62. The quantitative estimate of drug-likeness (QED) is 0.263. The van der Waals surface area contributed by atoms with E-state index in [9.17, 15) is 0 Å². The fraction of sp³-hybridized carbons (Fsp3) is 0.615. The minimum absolute atomic E-state index is 0.310. The summed E-state index contributed by atoms with van der Waals surface area (Å²) in [6.07, 6.45) is 22.2. The van der Waals surface area contributed by atoms with Gasteiger partial charge >= 0.3 is 0 Å². The van der Waals surface area contributed by atoms with E-state index in [4.69, 9.17) is 4.74 Å². The Balaban J connectivity index is 2.45. The summed E-state index contributed by atoms with van der Waals surface area (Å²) in [7, 11) is 0. The van der Waals surface area contributed by atoms with Crippen LogP contribution in [-0.2, 0) is 4.74 Å². The number of hydrogen-bond donors (Lipinski definition) is 0. The minimum Gasteiger partial charge on any atom is -0.377 e. The van der Waals surface area contributed by atoms with E-state index in [0.29, 0.717) is 12.0 Å². The molecule has 0 aliphatic heterocycles. The fourth-order valence-electron chi connectivity index (χ4n) is 3.61. The van der Waals surface area contributed by atoms with Crippen LogP contribution in [0.3, 0.4) is 0 Å². The molecule has 1 heteroatoms. The standard InChI is InChI=1S/C26H42O/c1-7-8-9-10-20-27-21-18-23(3)14-11-13-22(2)16-17-25-24(4)15-12-19-26(25,5)6/h11,13-14,16-18H,7-10,12,15,19-21H2,1-6H3/b14-11+,17-16+,22-13+,23-18+. The van der Waals surface area contributed by atoms with Gasteiger partial charge in [0.15, 0.2) is 0 Å². The fourth-order valence-corrected chi connectivity index (χ4v) is 3.61. The van der Waals surface area contributed by atoms with Crippen molar-refractivity contribution in [3.63, 3.8) is 0 Å². The molecule has 0 aromatic heterocycles. The van der Waals surface area contributed by atoms with Gasteiger partial charge in [-0.3, -0.25) is 0 Å². The molecule has 0 bridgehead atoms. The van der Waals surface area contributed by atoms with Gasteiger partial charge < -0.3 is 4.74 Å². The van der Waals surface area contributed by atoms with E-state index in [1.165, 1.54) is 61.7 Å². The minimum atomic E-state index is 0.310. The predicted molar refractivity (Wildman–Crippen MR) is 121 cm³/mol. The SMILES string of the molecule is CCCCCCOC/C=C(C)/C=C/C=C(C)/C=C/C1=C(C)CCCC1(C)C. The van der Waals surface area contributed by atoms with Crippen LogP contribution in [0.4, 0.5) is 0 Å². The summed E-state index contributed by atoms with van der Waals surface area (Å²) in [6, 6.07) is 0. The average molecular weight is 371 g/mol. The number of unbranched alkanes of at least 4 members (excludes halogenated alkanes) is 3. The summed E-state index contributed by atoms with van der Waals surface area (Å²) in [5, 5.41) is 0. The van der Waals surface area contributed by atoms with Gasteiger partial charge in [-0.15, -0.1) is 0 Å². The molecule has 0 aromatic carbocycles. The van der Waals surface area contributed by atoms with Crippen molar-refractivity contribution in [2.75, 3.05) is 13.2 Å². The van der Waals surface area contributed by atoms with Gasteiger partial charge in [0.25, 0.3) is 0 Å². The maximum absolute atomic E-state index is 5.67. The molecule has 27 heavy (non-hydrogen) atoms. The highest BCUT2D eigenvalue weighted by molar-refractivity contribution is 5.37. The molecule has 0 amide bonds. The highest BCUT2D eigenvalue weighted by atomic mass is 16.5. The van der Waals surface area contributed by atoms with Gasteiger partial charge in [-0.2, -0.15) is 0 Å². The average Bonchev–Trinajstić information content (AvgIpc) is 2.60. The Morgan fingerprint density at radius 1 is 1.07 bits per heavy atom. The molecule has 0 unspecified atom stereocenters. The van der Waals surface area contributed by atoms with Crippen molar-refractivity contribution < 1.29 is 4.74 Å². The lowest BCUT2D eigenvalue weighted by atomic mass is 9.72. The maximum atomic E-state index is 5.67. The molecule has 0 N–H and O–H groups in total. The van der Waals surface area contributed by atoms with Crippen LogP contribution in [0.5, 0.6) is 0 Å². The summed E-state index contributed by atoms with van der Waals surface area (Å²) in [5.41, 5.74) is 5.93. The third-order valence-electron chi connectivity index (χ3n) is 5.44. The molecule has 0 aromatic rings. The van der Waals surface area contributed by atoms with Gasteiger partial charge in [0.1, 0.15) is 0 Å². The highest BCUT2D eigenvalue weighted by Crippen LogP contribution is 2.40. The third kappa shape index (κ3) is 9.96. The molecule has 1 nitrogen and oxygen atoms in total. The van der Waals surface area contributed by atoms with Gasteiger partial charge in [-0.1, -0.05) is 93.2 Å². The Labute approximate surface area is 169 Å². The Morgan fingerprint density at radius 3 is 2.56 bits per heavy atom. The molecule has 0 fully saturated rings. The first-order chi connectivity index (χ1) is 12.9. The summed E-state index contributed by atoms with van der Waals surface area (Å²) in [4.78, 5) is 0. The Bertz CT molecular complexity index is 581. The van der Waals surface area contributed by atoms with E-state index in [1.54, 1.807) is 5.57 Å². The molecule has 152 valence electrons. The van der Waals surface area contributed by atoms with Crippen molar-refractivity contribution in [2.45, 2.75) is 86.5 Å². The Kier molecular flexibility index (Phi) is 11.4. The van der Waals surface area contributed by atoms with Crippen molar-refractivity contribution in [3.05, 3.63) is 58.7 Å². The third-order valence-corrected chi connectivity index (χ3v) is 5.44. The van der Waals surface area contributed by atoms with Crippen molar-refractivity contribution in [3.8, 4) is 0 Å². The number of hydrogen-bond acceptors (Lipinski definition) is 1. The van der Waals surface area contributed by atoms with Crippen molar-refractivity contribution in [1.29, 1.82) is 0 Å². The van der Waals surface area contributed by atoms with Gasteiger partial charge in [-0.25, -0.2) is 0 Å².